The van der Waals surface area contributed by atoms with Gasteiger partial charge in [-0.3, -0.25) is 9.48 Å². The highest BCUT2D eigenvalue weighted by atomic mass is 16.5. The molecule has 0 atom stereocenters. The second-order valence-electron chi connectivity index (χ2n) is 8.31. The number of aryl methyl sites for hydroxylation is 3. The lowest BCUT2D eigenvalue weighted by Gasteiger charge is -2.28. The van der Waals surface area contributed by atoms with Crippen LogP contribution in [0.3, 0.4) is 0 Å². The predicted molar refractivity (Wildman–Crippen MR) is 121 cm³/mol. The van der Waals surface area contributed by atoms with Crippen LogP contribution in [0.2, 0.25) is 0 Å². The molecule has 0 bridgehead atoms. The third-order valence-corrected chi connectivity index (χ3v) is 6.16. The van der Waals surface area contributed by atoms with Gasteiger partial charge in [0.05, 0.1) is 12.2 Å². The number of aromatic nitrogens is 4. The van der Waals surface area contributed by atoms with E-state index < -0.39 is 0 Å². The zero-order valence-corrected chi connectivity index (χ0v) is 19.5. The van der Waals surface area contributed by atoms with Gasteiger partial charge in [-0.25, -0.2) is 4.98 Å². The first kappa shape index (κ1) is 22.1. The molecule has 1 aliphatic heterocycles. The van der Waals surface area contributed by atoms with Gasteiger partial charge in [0, 0.05) is 74.6 Å². The Labute approximate surface area is 188 Å². The molecule has 1 amide bonds. The molecule has 0 aromatic carbocycles. The number of nitrogens with zero attached hydrogens (tertiary/aromatic N) is 5. The van der Waals surface area contributed by atoms with Crippen LogP contribution in [-0.2, 0) is 37.9 Å². The minimum Gasteiger partial charge on any atom is -0.471 e. The van der Waals surface area contributed by atoms with Crippen molar-refractivity contribution in [3.05, 3.63) is 63.9 Å². The summed E-state index contributed by atoms with van der Waals surface area (Å²) in [6.07, 6.45) is 0.773. The average Bonchev–Trinajstić information content (AvgIpc) is 3.25. The van der Waals surface area contributed by atoms with Crippen LogP contribution in [0.4, 0.5) is 0 Å². The lowest BCUT2D eigenvalue weighted by molar-refractivity contribution is 0.0731. The summed E-state index contributed by atoms with van der Waals surface area (Å²) >= 11 is 0. The van der Waals surface area contributed by atoms with Crippen molar-refractivity contribution in [3.8, 4) is 5.88 Å². The van der Waals surface area contributed by atoms with Crippen molar-refractivity contribution in [3.63, 3.8) is 0 Å². The number of hydrogen-bond donors (Lipinski definition) is 0. The van der Waals surface area contributed by atoms with Crippen molar-refractivity contribution in [2.75, 3.05) is 20.3 Å². The van der Waals surface area contributed by atoms with E-state index in [4.69, 9.17) is 9.47 Å². The molecular weight excluding hydrogens is 406 g/mol. The maximum absolute atomic E-state index is 13.4. The minimum absolute atomic E-state index is 0.0588. The van der Waals surface area contributed by atoms with Crippen molar-refractivity contribution >= 4 is 5.91 Å². The van der Waals surface area contributed by atoms with E-state index in [9.17, 15) is 4.79 Å². The summed E-state index contributed by atoms with van der Waals surface area (Å²) in [6.45, 7) is 8.86. The van der Waals surface area contributed by atoms with E-state index in [1.807, 2.05) is 61.7 Å². The number of carbonyl (C=O) groups excluding carboxylic acids is 1. The molecule has 0 aliphatic carbocycles. The Balaban J connectivity index is 1.52. The van der Waals surface area contributed by atoms with E-state index in [1.165, 1.54) is 0 Å². The molecule has 0 unspecified atom stereocenters. The van der Waals surface area contributed by atoms with Gasteiger partial charge in [-0.05, 0) is 32.9 Å². The smallest absolute Gasteiger partial charge is 0.255 e. The maximum atomic E-state index is 13.4. The van der Waals surface area contributed by atoms with Gasteiger partial charge in [-0.2, -0.15) is 5.10 Å². The van der Waals surface area contributed by atoms with Crippen molar-refractivity contribution in [1.82, 2.24) is 24.2 Å². The molecule has 0 spiro atoms. The second kappa shape index (κ2) is 9.16. The molecule has 1 aliphatic rings. The average molecular weight is 438 g/mol. The van der Waals surface area contributed by atoms with Crippen LogP contribution in [0.1, 0.15) is 44.4 Å². The Hall–Kier alpha value is -3.13. The molecule has 3 aromatic heterocycles. The molecule has 4 rings (SSSR count). The summed E-state index contributed by atoms with van der Waals surface area (Å²) in [4.78, 5) is 19.7. The van der Waals surface area contributed by atoms with Gasteiger partial charge in [0.15, 0.2) is 0 Å². The van der Waals surface area contributed by atoms with Crippen LogP contribution in [0, 0.1) is 20.8 Å². The van der Waals surface area contributed by atoms with Crippen molar-refractivity contribution < 1.29 is 14.3 Å². The number of carbonyl (C=O) groups is 1. The van der Waals surface area contributed by atoms with Crippen molar-refractivity contribution in [2.24, 2.45) is 7.05 Å². The van der Waals surface area contributed by atoms with E-state index in [2.05, 4.69) is 14.6 Å². The Morgan fingerprint density at radius 1 is 1.22 bits per heavy atom. The predicted octanol–water partition coefficient (Wildman–Crippen LogP) is 2.97. The van der Waals surface area contributed by atoms with Crippen molar-refractivity contribution in [1.29, 1.82) is 0 Å². The normalized spacial score (nSPS) is 13.3. The number of rotatable bonds is 7. The highest BCUT2D eigenvalue weighted by Crippen LogP contribution is 2.26. The van der Waals surface area contributed by atoms with E-state index >= 15 is 0 Å². The van der Waals surface area contributed by atoms with Gasteiger partial charge in [-0.15, -0.1) is 0 Å². The molecule has 3 aromatic rings. The van der Waals surface area contributed by atoms with Crippen LogP contribution < -0.4 is 4.74 Å². The van der Waals surface area contributed by atoms with E-state index in [0.29, 0.717) is 32.2 Å². The highest BCUT2D eigenvalue weighted by Gasteiger charge is 2.29. The van der Waals surface area contributed by atoms with E-state index in [0.717, 1.165) is 52.6 Å². The standard InChI is InChI=1S/C24H31N5O3/c1-16-7-6-8-23(25-16)32-15-21-20-14-28(10-9-22(20)27(4)26-21)24(30)19-13-17(2)29(18(19)3)11-12-31-5/h6-8,13H,9-12,14-15H2,1-5H3. The lowest BCUT2D eigenvalue weighted by atomic mass is 10.0. The van der Waals surface area contributed by atoms with Crippen molar-refractivity contribution in [2.45, 2.75) is 46.9 Å². The monoisotopic (exact) mass is 437 g/mol. The number of methoxy groups -OCH3 is 1. The van der Waals surface area contributed by atoms with Gasteiger partial charge in [0.1, 0.15) is 12.3 Å². The van der Waals surface area contributed by atoms with E-state index in [-0.39, 0.29) is 5.91 Å². The molecule has 8 heteroatoms. The fraction of sp³-hybridized carbons (Fsp3) is 0.458. The Bertz CT molecular complexity index is 1130. The zero-order chi connectivity index (χ0) is 22.8. The summed E-state index contributed by atoms with van der Waals surface area (Å²) < 4.78 is 15.2. The van der Waals surface area contributed by atoms with Gasteiger partial charge in [-0.1, -0.05) is 6.07 Å². The summed E-state index contributed by atoms with van der Waals surface area (Å²) in [5.41, 5.74) is 6.81. The van der Waals surface area contributed by atoms with Gasteiger partial charge in [0.2, 0.25) is 5.88 Å². The first-order valence-electron chi connectivity index (χ1n) is 10.9. The van der Waals surface area contributed by atoms with Crippen LogP contribution in [0.15, 0.2) is 24.3 Å². The molecule has 170 valence electrons. The molecule has 4 heterocycles. The summed E-state index contributed by atoms with van der Waals surface area (Å²) in [5.74, 6) is 0.639. The third-order valence-electron chi connectivity index (χ3n) is 6.16. The first-order valence-corrected chi connectivity index (χ1v) is 10.9. The third kappa shape index (κ3) is 4.27. The number of hydrogen-bond acceptors (Lipinski definition) is 5. The largest absolute Gasteiger partial charge is 0.471 e. The molecule has 0 radical (unpaired) electrons. The fourth-order valence-corrected chi connectivity index (χ4v) is 4.41. The first-order chi connectivity index (χ1) is 15.4. The molecule has 0 saturated heterocycles. The highest BCUT2D eigenvalue weighted by molar-refractivity contribution is 5.95. The SMILES string of the molecule is COCCn1c(C)cc(C(=O)N2CCc3c(c(COc4cccc(C)n4)nn3C)C2)c1C. The van der Waals surface area contributed by atoms with Gasteiger partial charge >= 0.3 is 0 Å². The molecule has 32 heavy (non-hydrogen) atoms. The topological polar surface area (TPSA) is 74.4 Å². The lowest BCUT2D eigenvalue weighted by Crippen LogP contribution is -2.36. The molecular formula is C24H31N5O3. The fourth-order valence-electron chi connectivity index (χ4n) is 4.41. The molecule has 8 nitrogen and oxygen atoms in total. The van der Waals surface area contributed by atoms with Gasteiger partial charge in [0.25, 0.3) is 5.91 Å². The number of fused-ring (bicyclic) bond motifs is 1. The Morgan fingerprint density at radius 2 is 2.03 bits per heavy atom. The quantitative estimate of drug-likeness (QED) is 0.568. The number of amides is 1. The molecule has 0 saturated carbocycles. The van der Waals surface area contributed by atoms with Crippen LogP contribution in [0.25, 0.3) is 0 Å². The van der Waals surface area contributed by atoms with E-state index in [1.54, 1.807) is 7.11 Å². The summed E-state index contributed by atoms with van der Waals surface area (Å²) in [6, 6.07) is 7.69. The Kier molecular flexibility index (Phi) is 6.32. The maximum Gasteiger partial charge on any atom is 0.255 e. The second-order valence-corrected chi connectivity index (χ2v) is 8.31. The van der Waals surface area contributed by atoms with Gasteiger partial charge < -0.3 is 18.9 Å². The van der Waals surface area contributed by atoms with Crippen LogP contribution in [0.5, 0.6) is 5.88 Å². The zero-order valence-electron chi connectivity index (χ0n) is 19.5. The van der Waals surface area contributed by atoms with Crippen LogP contribution in [-0.4, -0.2) is 50.4 Å². The summed E-state index contributed by atoms with van der Waals surface area (Å²) in [7, 11) is 3.64. The number of pyridine rings is 1. The summed E-state index contributed by atoms with van der Waals surface area (Å²) in [5, 5.41) is 4.67. The Morgan fingerprint density at radius 3 is 2.78 bits per heavy atom. The van der Waals surface area contributed by atoms with Crippen LogP contribution >= 0.6 is 0 Å². The molecule has 0 fully saturated rings. The minimum atomic E-state index is 0.0588. The number of ether oxygens (including phenoxy) is 2. The molecule has 0 N–H and O–H groups in total.